The normalized spacial score (nSPS) is 11.9. The van der Waals surface area contributed by atoms with Crippen LogP contribution >= 0.6 is 0 Å². The van der Waals surface area contributed by atoms with Crippen LogP contribution in [0.1, 0.15) is 11.3 Å². The molecule has 2 N–H and O–H groups in total. The molecule has 2 aromatic heterocycles. The van der Waals surface area contributed by atoms with Gasteiger partial charge in [-0.1, -0.05) is 6.07 Å². The molecule has 22 heavy (non-hydrogen) atoms. The number of hydrogen-bond acceptors (Lipinski definition) is 6. The Morgan fingerprint density at radius 2 is 2.23 bits per heavy atom. The first-order chi connectivity index (χ1) is 10.6. The summed E-state index contributed by atoms with van der Waals surface area (Å²) in [6, 6.07) is 7.14. The Bertz CT molecular complexity index is 634. The number of nitro groups is 1. The van der Waals surface area contributed by atoms with E-state index in [-0.39, 0.29) is 18.2 Å². The zero-order valence-electron chi connectivity index (χ0n) is 12.3. The maximum atomic E-state index is 10.7. The molecule has 0 aliphatic carbocycles. The van der Waals surface area contributed by atoms with Crippen LogP contribution in [0.3, 0.4) is 0 Å². The van der Waals surface area contributed by atoms with Crippen molar-refractivity contribution in [3.05, 3.63) is 58.0 Å². The van der Waals surface area contributed by atoms with Crippen molar-refractivity contribution in [2.45, 2.75) is 13.3 Å². The molecular weight excluding hydrogens is 284 g/mol. The molecule has 0 saturated carbocycles. The molecular formula is C15H18N4O3. The van der Waals surface area contributed by atoms with Crippen molar-refractivity contribution in [2.24, 2.45) is 5.92 Å². The molecule has 0 radical (unpaired) electrons. The molecule has 0 spiro atoms. The third-order valence-corrected chi connectivity index (χ3v) is 3.31. The van der Waals surface area contributed by atoms with Gasteiger partial charge in [0.25, 0.3) is 5.69 Å². The van der Waals surface area contributed by atoms with E-state index in [9.17, 15) is 15.2 Å². The molecule has 0 aliphatic rings. The number of pyridine rings is 2. The number of nitrogens with one attached hydrogen (secondary N) is 1. The molecule has 2 aromatic rings. The quantitative estimate of drug-likeness (QED) is 0.599. The number of aromatic nitrogens is 2. The van der Waals surface area contributed by atoms with E-state index >= 15 is 0 Å². The number of anilines is 1. The summed E-state index contributed by atoms with van der Waals surface area (Å²) < 4.78 is 0. The molecule has 0 bridgehead atoms. The lowest BCUT2D eigenvalue weighted by Gasteiger charge is -2.16. The number of rotatable bonds is 7. The molecule has 2 rings (SSSR count). The lowest BCUT2D eigenvalue weighted by Crippen LogP contribution is -2.21. The van der Waals surface area contributed by atoms with Crippen LogP contribution in [0.5, 0.6) is 0 Å². The average molecular weight is 302 g/mol. The summed E-state index contributed by atoms with van der Waals surface area (Å²) in [5.74, 6) is 0.580. The molecule has 0 fully saturated rings. The van der Waals surface area contributed by atoms with Gasteiger partial charge in [-0.25, -0.2) is 4.98 Å². The second-order valence-corrected chi connectivity index (χ2v) is 5.07. The SMILES string of the molecule is Cc1cc([N+](=O)[O-])cnc1NCC(CO)Cc1ccccn1. The topological polar surface area (TPSA) is 101 Å². The maximum absolute atomic E-state index is 10.7. The Morgan fingerprint density at radius 3 is 2.82 bits per heavy atom. The van der Waals surface area contributed by atoms with E-state index in [1.807, 2.05) is 18.2 Å². The number of hydrogen-bond donors (Lipinski definition) is 2. The largest absolute Gasteiger partial charge is 0.396 e. The van der Waals surface area contributed by atoms with Gasteiger partial charge in [-0.2, -0.15) is 0 Å². The predicted molar refractivity (Wildman–Crippen MR) is 82.6 cm³/mol. The van der Waals surface area contributed by atoms with Crippen molar-refractivity contribution in [3.8, 4) is 0 Å². The fraction of sp³-hybridized carbons (Fsp3) is 0.333. The molecule has 0 saturated heterocycles. The summed E-state index contributed by atoms with van der Waals surface area (Å²) in [4.78, 5) is 18.5. The van der Waals surface area contributed by atoms with E-state index in [2.05, 4.69) is 15.3 Å². The number of aliphatic hydroxyl groups is 1. The minimum Gasteiger partial charge on any atom is -0.396 e. The van der Waals surface area contributed by atoms with E-state index < -0.39 is 4.92 Å². The van der Waals surface area contributed by atoms with Crippen molar-refractivity contribution < 1.29 is 10.0 Å². The minimum absolute atomic E-state index is 0.00806. The molecule has 7 nitrogen and oxygen atoms in total. The standard InChI is InChI=1S/C15H18N4O3/c1-11-6-14(19(21)22)9-18-15(11)17-8-12(10-20)7-13-4-2-3-5-16-13/h2-6,9,12,20H,7-8,10H2,1H3,(H,17,18). The van der Waals surface area contributed by atoms with Gasteiger partial charge in [0.1, 0.15) is 12.0 Å². The van der Waals surface area contributed by atoms with E-state index in [1.165, 1.54) is 12.3 Å². The number of aryl methyl sites for hydroxylation is 1. The second kappa shape index (κ2) is 7.46. The number of aliphatic hydroxyl groups excluding tert-OH is 1. The van der Waals surface area contributed by atoms with Crippen molar-refractivity contribution in [3.63, 3.8) is 0 Å². The van der Waals surface area contributed by atoms with Gasteiger partial charge < -0.3 is 10.4 Å². The highest BCUT2D eigenvalue weighted by Crippen LogP contribution is 2.18. The highest BCUT2D eigenvalue weighted by molar-refractivity contribution is 5.48. The van der Waals surface area contributed by atoms with Crippen LogP contribution in [0.25, 0.3) is 0 Å². The van der Waals surface area contributed by atoms with Crippen molar-refractivity contribution in [1.82, 2.24) is 9.97 Å². The number of nitrogens with zero attached hydrogens (tertiary/aromatic N) is 3. The monoisotopic (exact) mass is 302 g/mol. The minimum atomic E-state index is -0.471. The highest BCUT2D eigenvalue weighted by atomic mass is 16.6. The first-order valence-corrected chi connectivity index (χ1v) is 6.96. The maximum Gasteiger partial charge on any atom is 0.287 e. The lowest BCUT2D eigenvalue weighted by molar-refractivity contribution is -0.385. The zero-order valence-corrected chi connectivity index (χ0v) is 12.3. The summed E-state index contributed by atoms with van der Waals surface area (Å²) in [7, 11) is 0. The van der Waals surface area contributed by atoms with Crippen molar-refractivity contribution >= 4 is 11.5 Å². The molecule has 1 atom stereocenters. The van der Waals surface area contributed by atoms with Crippen LogP contribution in [0, 0.1) is 23.0 Å². The second-order valence-electron chi connectivity index (χ2n) is 5.07. The summed E-state index contributed by atoms with van der Waals surface area (Å²) >= 11 is 0. The fourth-order valence-corrected chi connectivity index (χ4v) is 2.10. The summed E-state index contributed by atoms with van der Waals surface area (Å²) in [6.07, 6.45) is 3.59. The Labute approximate surface area is 128 Å². The van der Waals surface area contributed by atoms with Crippen LogP contribution in [-0.4, -0.2) is 33.1 Å². The van der Waals surface area contributed by atoms with Crippen LogP contribution in [0.2, 0.25) is 0 Å². The van der Waals surface area contributed by atoms with Gasteiger partial charge in [0, 0.05) is 37.0 Å². The van der Waals surface area contributed by atoms with Gasteiger partial charge in [-0.3, -0.25) is 15.1 Å². The smallest absolute Gasteiger partial charge is 0.287 e. The molecule has 1 unspecified atom stereocenters. The van der Waals surface area contributed by atoms with Gasteiger partial charge in [0.2, 0.25) is 0 Å². The van der Waals surface area contributed by atoms with E-state index in [0.717, 1.165) is 5.69 Å². The predicted octanol–water partition coefficient (Wildman–Crippen LogP) is 1.96. The van der Waals surface area contributed by atoms with Gasteiger partial charge >= 0.3 is 0 Å². The third-order valence-electron chi connectivity index (χ3n) is 3.31. The molecule has 0 aromatic carbocycles. The molecule has 2 heterocycles. The zero-order chi connectivity index (χ0) is 15.9. The molecule has 7 heteroatoms. The van der Waals surface area contributed by atoms with E-state index in [1.54, 1.807) is 13.1 Å². The van der Waals surface area contributed by atoms with E-state index in [0.29, 0.717) is 24.3 Å². The Morgan fingerprint density at radius 1 is 1.41 bits per heavy atom. The summed E-state index contributed by atoms with van der Waals surface area (Å²) in [5, 5.41) is 23.3. The first kappa shape index (κ1) is 15.8. The van der Waals surface area contributed by atoms with Gasteiger partial charge in [0.15, 0.2) is 0 Å². The van der Waals surface area contributed by atoms with Crippen LogP contribution < -0.4 is 5.32 Å². The Hall–Kier alpha value is -2.54. The van der Waals surface area contributed by atoms with Crippen LogP contribution in [0.4, 0.5) is 11.5 Å². The van der Waals surface area contributed by atoms with Gasteiger partial charge in [-0.05, 0) is 31.0 Å². The average Bonchev–Trinajstić information content (AvgIpc) is 2.53. The molecule has 116 valence electrons. The lowest BCUT2D eigenvalue weighted by atomic mass is 10.0. The highest BCUT2D eigenvalue weighted by Gasteiger charge is 2.12. The summed E-state index contributed by atoms with van der Waals surface area (Å²) in [5.41, 5.74) is 1.58. The van der Waals surface area contributed by atoms with Crippen molar-refractivity contribution in [1.29, 1.82) is 0 Å². The van der Waals surface area contributed by atoms with Crippen LogP contribution in [-0.2, 0) is 6.42 Å². The van der Waals surface area contributed by atoms with Gasteiger partial charge in [-0.15, -0.1) is 0 Å². The van der Waals surface area contributed by atoms with Crippen molar-refractivity contribution in [2.75, 3.05) is 18.5 Å². The fourth-order valence-electron chi connectivity index (χ4n) is 2.10. The first-order valence-electron chi connectivity index (χ1n) is 6.96. The van der Waals surface area contributed by atoms with Crippen LogP contribution in [0.15, 0.2) is 36.7 Å². The van der Waals surface area contributed by atoms with E-state index in [4.69, 9.17) is 0 Å². The van der Waals surface area contributed by atoms with Gasteiger partial charge in [0.05, 0.1) is 4.92 Å². The summed E-state index contributed by atoms with van der Waals surface area (Å²) in [6.45, 7) is 2.30. The Kier molecular flexibility index (Phi) is 5.37. The molecule has 0 amide bonds. The Balaban J connectivity index is 1.97. The third kappa shape index (κ3) is 4.23. The molecule has 0 aliphatic heterocycles.